The quantitative estimate of drug-likeness (QED) is 0.854. The van der Waals surface area contributed by atoms with Gasteiger partial charge in [-0.05, 0) is 37.8 Å². The van der Waals surface area contributed by atoms with E-state index in [1.54, 1.807) is 0 Å². The first kappa shape index (κ1) is 13.7. The number of furan rings is 1. The highest BCUT2D eigenvalue weighted by Gasteiger charge is 2.29. The minimum absolute atomic E-state index is 0.424. The average molecular weight is 271 g/mol. The van der Waals surface area contributed by atoms with E-state index >= 15 is 0 Å². The van der Waals surface area contributed by atoms with E-state index in [0.717, 1.165) is 17.4 Å². The normalized spacial score (nSPS) is 24.9. The van der Waals surface area contributed by atoms with Crippen LogP contribution < -0.4 is 5.32 Å². The molecule has 0 radical (unpaired) electrons. The molecule has 0 aliphatic heterocycles. The summed E-state index contributed by atoms with van der Waals surface area (Å²) < 4.78 is 5.74. The average Bonchev–Trinajstić information content (AvgIpc) is 2.93. The summed E-state index contributed by atoms with van der Waals surface area (Å²) in [5.41, 5.74) is 2.34. The van der Waals surface area contributed by atoms with Gasteiger partial charge in [0, 0.05) is 17.0 Å². The Hall–Kier alpha value is -1.28. The van der Waals surface area contributed by atoms with Crippen molar-refractivity contribution in [2.75, 3.05) is 7.05 Å². The molecule has 0 bridgehead atoms. The monoisotopic (exact) mass is 271 g/mol. The van der Waals surface area contributed by atoms with E-state index in [-0.39, 0.29) is 0 Å². The Morgan fingerprint density at radius 3 is 2.95 bits per heavy atom. The Bertz CT molecular complexity index is 559. The molecule has 0 amide bonds. The van der Waals surface area contributed by atoms with Crippen molar-refractivity contribution in [1.29, 1.82) is 0 Å². The molecule has 1 heterocycles. The van der Waals surface area contributed by atoms with Gasteiger partial charge in [0.05, 0.1) is 6.26 Å². The maximum Gasteiger partial charge on any atom is 0.134 e. The molecule has 1 aliphatic carbocycles. The van der Waals surface area contributed by atoms with Crippen LogP contribution in [0.1, 0.15) is 50.6 Å². The van der Waals surface area contributed by atoms with Crippen molar-refractivity contribution < 1.29 is 4.42 Å². The maximum absolute atomic E-state index is 5.74. The summed E-state index contributed by atoms with van der Waals surface area (Å²) >= 11 is 0. The molecular formula is C18H25NO. The Morgan fingerprint density at radius 1 is 1.30 bits per heavy atom. The molecule has 2 aromatic rings. The summed E-state index contributed by atoms with van der Waals surface area (Å²) in [6.45, 7) is 2.33. The largest absolute Gasteiger partial charge is 0.464 e. The van der Waals surface area contributed by atoms with E-state index in [1.165, 1.54) is 43.1 Å². The third-order valence-electron chi connectivity index (χ3n) is 5.03. The number of benzene rings is 1. The minimum atomic E-state index is 0.424. The molecule has 0 saturated heterocycles. The third-order valence-corrected chi connectivity index (χ3v) is 5.03. The zero-order valence-corrected chi connectivity index (χ0v) is 12.6. The number of rotatable bonds is 4. The first-order valence-corrected chi connectivity index (χ1v) is 7.96. The van der Waals surface area contributed by atoms with Crippen LogP contribution in [0.25, 0.3) is 11.0 Å². The second-order valence-corrected chi connectivity index (χ2v) is 6.15. The summed E-state index contributed by atoms with van der Waals surface area (Å²) in [5, 5.41) is 4.82. The molecule has 1 aromatic carbocycles. The van der Waals surface area contributed by atoms with E-state index < -0.39 is 0 Å². The van der Waals surface area contributed by atoms with Crippen molar-refractivity contribution >= 4 is 11.0 Å². The third kappa shape index (κ3) is 2.49. The van der Waals surface area contributed by atoms with Gasteiger partial charge in [-0.1, -0.05) is 44.4 Å². The molecule has 0 spiro atoms. The summed E-state index contributed by atoms with van der Waals surface area (Å²) in [6, 6.07) is 8.80. The lowest BCUT2D eigenvalue weighted by atomic mass is 9.75. The van der Waals surface area contributed by atoms with E-state index in [0.29, 0.717) is 6.04 Å². The van der Waals surface area contributed by atoms with Crippen LogP contribution >= 0.6 is 0 Å². The van der Waals surface area contributed by atoms with Gasteiger partial charge in [0.1, 0.15) is 5.58 Å². The number of fused-ring (bicyclic) bond motifs is 1. The summed E-state index contributed by atoms with van der Waals surface area (Å²) in [5.74, 6) is 1.64. The molecule has 2 nitrogen and oxygen atoms in total. The molecule has 3 unspecified atom stereocenters. The lowest BCUT2D eigenvalue weighted by Crippen LogP contribution is -2.29. The fraction of sp³-hybridized carbons (Fsp3) is 0.556. The molecule has 1 N–H and O–H groups in total. The highest BCUT2D eigenvalue weighted by atomic mass is 16.3. The van der Waals surface area contributed by atoms with Gasteiger partial charge in [-0.2, -0.15) is 0 Å². The van der Waals surface area contributed by atoms with Gasteiger partial charge in [-0.3, -0.25) is 0 Å². The van der Waals surface area contributed by atoms with E-state index in [1.807, 2.05) is 12.3 Å². The second-order valence-electron chi connectivity index (χ2n) is 6.15. The van der Waals surface area contributed by atoms with Gasteiger partial charge >= 0.3 is 0 Å². The number of nitrogens with one attached hydrogen (secondary N) is 1. The topological polar surface area (TPSA) is 25.2 Å². The smallest absolute Gasteiger partial charge is 0.134 e. The molecule has 1 saturated carbocycles. The first-order valence-electron chi connectivity index (χ1n) is 7.96. The lowest BCUT2D eigenvalue weighted by molar-refractivity contribution is 0.215. The predicted molar refractivity (Wildman–Crippen MR) is 83.8 cm³/mol. The van der Waals surface area contributed by atoms with Crippen molar-refractivity contribution in [3.8, 4) is 0 Å². The highest BCUT2D eigenvalue weighted by Crippen LogP contribution is 2.40. The molecule has 1 aliphatic rings. The van der Waals surface area contributed by atoms with Gasteiger partial charge in [-0.15, -0.1) is 0 Å². The maximum atomic E-state index is 5.74. The fourth-order valence-electron chi connectivity index (χ4n) is 3.89. The molecule has 108 valence electrons. The van der Waals surface area contributed by atoms with Gasteiger partial charge in [-0.25, -0.2) is 0 Å². The minimum Gasteiger partial charge on any atom is -0.464 e. The molecule has 1 fully saturated rings. The predicted octanol–water partition coefficient (Wildman–Crippen LogP) is 4.91. The summed E-state index contributed by atoms with van der Waals surface area (Å²) in [4.78, 5) is 0. The Balaban J connectivity index is 1.89. The van der Waals surface area contributed by atoms with Crippen LogP contribution in [0.3, 0.4) is 0 Å². The van der Waals surface area contributed by atoms with Crippen LogP contribution in [0.15, 0.2) is 34.9 Å². The van der Waals surface area contributed by atoms with E-state index in [4.69, 9.17) is 4.42 Å². The fourth-order valence-corrected chi connectivity index (χ4v) is 3.89. The Labute approximate surface area is 121 Å². The first-order chi connectivity index (χ1) is 9.83. The van der Waals surface area contributed by atoms with Crippen molar-refractivity contribution in [2.24, 2.45) is 11.8 Å². The zero-order chi connectivity index (χ0) is 13.9. The van der Waals surface area contributed by atoms with E-state index in [9.17, 15) is 0 Å². The standard InChI is InChI=1S/C18H25NO/c1-3-13-7-6-8-14(11-13)18(19-2)16-12-20-17-10-5-4-9-15(16)17/h4-5,9-10,12-14,18-19H,3,6-8,11H2,1-2H3. The van der Waals surface area contributed by atoms with Crippen LogP contribution in [0, 0.1) is 11.8 Å². The number of hydrogen-bond donors (Lipinski definition) is 1. The van der Waals surface area contributed by atoms with Crippen LogP contribution in [0.5, 0.6) is 0 Å². The molecular weight excluding hydrogens is 246 g/mol. The van der Waals surface area contributed by atoms with Crippen molar-refractivity contribution in [3.63, 3.8) is 0 Å². The van der Waals surface area contributed by atoms with Gasteiger partial charge in [0.25, 0.3) is 0 Å². The van der Waals surface area contributed by atoms with Gasteiger partial charge in [0.15, 0.2) is 0 Å². The Kier molecular flexibility index (Phi) is 4.11. The Morgan fingerprint density at radius 2 is 2.15 bits per heavy atom. The van der Waals surface area contributed by atoms with Crippen molar-refractivity contribution in [1.82, 2.24) is 5.32 Å². The number of hydrogen-bond acceptors (Lipinski definition) is 2. The van der Waals surface area contributed by atoms with Crippen LogP contribution in [0.2, 0.25) is 0 Å². The lowest BCUT2D eigenvalue weighted by Gasteiger charge is -2.34. The van der Waals surface area contributed by atoms with Crippen LogP contribution in [-0.4, -0.2) is 7.05 Å². The van der Waals surface area contributed by atoms with Crippen molar-refractivity contribution in [3.05, 3.63) is 36.1 Å². The second kappa shape index (κ2) is 6.01. The number of para-hydroxylation sites is 1. The zero-order valence-electron chi connectivity index (χ0n) is 12.6. The van der Waals surface area contributed by atoms with Gasteiger partial charge < -0.3 is 9.73 Å². The molecule has 3 rings (SSSR count). The van der Waals surface area contributed by atoms with Crippen LogP contribution in [-0.2, 0) is 0 Å². The SMILES string of the molecule is CCC1CCCC(C(NC)c2coc3ccccc23)C1. The summed E-state index contributed by atoms with van der Waals surface area (Å²) in [6.07, 6.45) is 8.75. The highest BCUT2D eigenvalue weighted by molar-refractivity contribution is 5.81. The molecule has 3 atom stereocenters. The molecule has 1 aromatic heterocycles. The van der Waals surface area contributed by atoms with Crippen LogP contribution in [0.4, 0.5) is 0 Å². The molecule has 20 heavy (non-hydrogen) atoms. The summed E-state index contributed by atoms with van der Waals surface area (Å²) in [7, 11) is 2.09. The van der Waals surface area contributed by atoms with Crippen molar-refractivity contribution in [2.45, 2.75) is 45.1 Å². The van der Waals surface area contributed by atoms with E-state index in [2.05, 4.69) is 37.5 Å². The van der Waals surface area contributed by atoms with Gasteiger partial charge in [0.2, 0.25) is 0 Å². The molecule has 2 heteroatoms.